The van der Waals surface area contributed by atoms with Crippen molar-refractivity contribution in [2.24, 2.45) is 5.92 Å². The smallest absolute Gasteiger partial charge is 0.132 e. The Bertz CT molecular complexity index is 575. The number of ether oxygens (including phenoxy) is 1. The highest BCUT2D eigenvalue weighted by Gasteiger charge is 2.26. The molecule has 2 fully saturated rings. The van der Waals surface area contributed by atoms with Crippen molar-refractivity contribution in [1.82, 2.24) is 19.8 Å². The van der Waals surface area contributed by atoms with Gasteiger partial charge in [-0.05, 0) is 45.2 Å². The van der Waals surface area contributed by atoms with Crippen LogP contribution in [0.15, 0.2) is 6.33 Å². The molecule has 6 nitrogen and oxygen atoms in total. The standard InChI is InChI=1S/C19H31N5O/c1-23-7-2-15(13-23)12-20-19-17-3-8-24(16-5-10-25-11-6-16)9-4-18(17)21-14-22-19/h14-16H,2-13H2,1H3,(H,20,21,22)/t15-/m0/s1. The van der Waals surface area contributed by atoms with E-state index in [1.807, 2.05) is 0 Å². The summed E-state index contributed by atoms with van der Waals surface area (Å²) in [7, 11) is 2.21. The van der Waals surface area contributed by atoms with E-state index in [0.29, 0.717) is 6.04 Å². The molecule has 4 rings (SSSR count). The molecule has 1 aromatic rings. The van der Waals surface area contributed by atoms with Crippen LogP contribution in [0.5, 0.6) is 0 Å². The van der Waals surface area contributed by atoms with Crippen LogP contribution in [0.1, 0.15) is 30.5 Å². The van der Waals surface area contributed by atoms with Crippen molar-refractivity contribution in [1.29, 1.82) is 0 Å². The maximum absolute atomic E-state index is 5.53. The molecule has 0 aromatic carbocycles. The van der Waals surface area contributed by atoms with Crippen LogP contribution in [0.2, 0.25) is 0 Å². The maximum atomic E-state index is 5.53. The zero-order chi connectivity index (χ0) is 17.1. The fourth-order valence-corrected chi connectivity index (χ4v) is 4.55. The van der Waals surface area contributed by atoms with Crippen LogP contribution < -0.4 is 5.32 Å². The Labute approximate surface area is 151 Å². The van der Waals surface area contributed by atoms with Gasteiger partial charge in [0.2, 0.25) is 0 Å². The minimum Gasteiger partial charge on any atom is -0.381 e. The van der Waals surface area contributed by atoms with Crippen molar-refractivity contribution in [2.75, 3.05) is 58.3 Å². The molecule has 0 amide bonds. The molecule has 0 bridgehead atoms. The largest absolute Gasteiger partial charge is 0.381 e. The van der Waals surface area contributed by atoms with E-state index in [1.165, 1.54) is 43.6 Å². The summed E-state index contributed by atoms with van der Waals surface area (Å²) in [6.45, 7) is 7.49. The molecule has 0 spiro atoms. The zero-order valence-corrected chi connectivity index (χ0v) is 15.4. The van der Waals surface area contributed by atoms with Crippen LogP contribution in [-0.4, -0.2) is 78.8 Å². The summed E-state index contributed by atoms with van der Waals surface area (Å²) in [5.41, 5.74) is 2.60. The summed E-state index contributed by atoms with van der Waals surface area (Å²) >= 11 is 0. The number of hydrogen-bond acceptors (Lipinski definition) is 6. The minimum absolute atomic E-state index is 0.682. The number of rotatable bonds is 4. The summed E-state index contributed by atoms with van der Waals surface area (Å²) in [4.78, 5) is 14.2. The third-order valence-electron chi connectivity index (χ3n) is 6.07. The molecule has 3 aliphatic rings. The molecular formula is C19H31N5O. The van der Waals surface area contributed by atoms with Crippen molar-refractivity contribution < 1.29 is 4.74 Å². The second-order valence-electron chi connectivity index (χ2n) is 7.82. The third-order valence-corrected chi connectivity index (χ3v) is 6.07. The molecule has 4 heterocycles. The van der Waals surface area contributed by atoms with Gasteiger partial charge in [0, 0.05) is 57.4 Å². The lowest BCUT2D eigenvalue weighted by Crippen LogP contribution is -2.40. The van der Waals surface area contributed by atoms with Gasteiger partial charge in [-0.15, -0.1) is 0 Å². The lowest BCUT2D eigenvalue weighted by Gasteiger charge is -2.33. The number of likely N-dealkylation sites (tertiary alicyclic amines) is 1. The Morgan fingerprint density at radius 3 is 2.76 bits per heavy atom. The van der Waals surface area contributed by atoms with Crippen LogP contribution in [0.3, 0.4) is 0 Å². The molecule has 3 aliphatic heterocycles. The van der Waals surface area contributed by atoms with Gasteiger partial charge in [-0.2, -0.15) is 0 Å². The van der Waals surface area contributed by atoms with Crippen LogP contribution in [-0.2, 0) is 17.6 Å². The molecule has 138 valence electrons. The second kappa shape index (κ2) is 7.98. The van der Waals surface area contributed by atoms with Crippen LogP contribution in [0.4, 0.5) is 5.82 Å². The number of aromatic nitrogens is 2. The molecule has 0 radical (unpaired) electrons. The highest BCUT2D eigenvalue weighted by molar-refractivity contribution is 5.46. The monoisotopic (exact) mass is 345 g/mol. The van der Waals surface area contributed by atoms with Gasteiger partial charge in [-0.1, -0.05) is 0 Å². The van der Waals surface area contributed by atoms with Crippen LogP contribution in [0, 0.1) is 5.92 Å². The fraction of sp³-hybridized carbons (Fsp3) is 0.789. The van der Waals surface area contributed by atoms with Crippen LogP contribution in [0.25, 0.3) is 0 Å². The van der Waals surface area contributed by atoms with Crippen molar-refractivity contribution >= 4 is 5.82 Å². The van der Waals surface area contributed by atoms with Crippen LogP contribution >= 0.6 is 0 Å². The molecule has 1 N–H and O–H groups in total. The van der Waals surface area contributed by atoms with Gasteiger partial charge in [-0.25, -0.2) is 9.97 Å². The van der Waals surface area contributed by atoms with E-state index in [0.717, 1.165) is 57.4 Å². The molecule has 0 saturated carbocycles. The van der Waals surface area contributed by atoms with Gasteiger partial charge in [0.15, 0.2) is 0 Å². The topological polar surface area (TPSA) is 53.5 Å². The van der Waals surface area contributed by atoms with E-state index < -0.39 is 0 Å². The molecule has 2 saturated heterocycles. The quantitative estimate of drug-likeness (QED) is 0.891. The summed E-state index contributed by atoms with van der Waals surface area (Å²) < 4.78 is 5.53. The maximum Gasteiger partial charge on any atom is 0.132 e. The highest BCUT2D eigenvalue weighted by atomic mass is 16.5. The Kier molecular flexibility index (Phi) is 5.48. The van der Waals surface area contributed by atoms with E-state index in [4.69, 9.17) is 4.74 Å². The molecular weight excluding hydrogens is 314 g/mol. The first-order valence-corrected chi connectivity index (χ1v) is 9.86. The summed E-state index contributed by atoms with van der Waals surface area (Å²) in [5, 5.41) is 3.64. The lowest BCUT2D eigenvalue weighted by atomic mass is 10.1. The Balaban J connectivity index is 1.40. The third kappa shape index (κ3) is 4.13. The number of fused-ring (bicyclic) bond motifs is 1. The molecule has 0 aliphatic carbocycles. The number of anilines is 1. The SMILES string of the molecule is CN1CC[C@@H](CNc2ncnc3c2CCN(C2CCOCC2)CC3)C1. The molecule has 25 heavy (non-hydrogen) atoms. The van der Waals surface area contributed by atoms with Gasteiger partial charge in [0.1, 0.15) is 12.1 Å². The molecule has 1 aromatic heterocycles. The first kappa shape index (κ1) is 17.2. The van der Waals surface area contributed by atoms with Crippen molar-refractivity contribution in [2.45, 2.75) is 38.1 Å². The lowest BCUT2D eigenvalue weighted by molar-refractivity contribution is 0.0355. The number of nitrogens with zero attached hydrogens (tertiary/aromatic N) is 4. The highest BCUT2D eigenvalue weighted by Crippen LogP contribution is 2.24. The summed E-state index contributed by atoms with van der Waals surface area (Å²) in [6, 6.07) is 0.682. The summed E-state index contributed by atoms with van der Waals surface area (Å²) in [6.07, 6.45) is 7.46. The predicted octanol–water partition coefficient (Wildman–Crippen LogP) is 1.42. The van der Waals surface area contributed by atoms with E-state index in [9.17, 15) is 0 Å². The van der Waals surface area contributed by atoms with Crippen molar-refractivity contribution in [3.05, 3.63) is 17.6 Å². The van der Waals surface area contributed by atoms with E-state index >= 15 is 0 Å². The van der Waals surface area contributed by atoms with Crippen molar-refractivity contribution in [3.63, 3.8) is 0 Å². The van der Waals surface area contributed by atoms with Gasteiger partial charge >= 0.3 is 0 Å². The summed E-state index contributed by atoms with van der Waals surface area (Å²) in [5.74, 6) is 1.81. The first-order chi connectivity index (χ1) is 12.3. The number of nitrogens with one attached hydrogen (secondary N) is 1. The zero-order valence-electron chi connectivity index (χ0n) is 15.4. The molecule has 1 atom stereocenters. The fourth-order valence-electron chi connectivity index (χ4n) is 4.55. The Hall–Kier alpha value is -1.24. The van der Waals surface area contributed by atoms with E-state index in [-0.39, 0.29) is 0 Å². The molecule has 0 unspecified atom stereocenters. The van der Waals surface area contributed by atoms with E-state index in [1.54, 1.807) is 6.33 Å². The van der Waals surface area contributed by atoms with Gasteiger partial charge < -0.3 is 15.0 Å². The number of hydrogen-bond donors (Lipinski definition) is 1. The van der Waals surface area contributed by atoms with Gasteiger partial charge in [-0.3, -0.25) is 4.90 Å². The van der Waals surface area contributed by atoms with Gasteiger partial charge in [0.05, 0.1) is 5.69 Å². The van der Waals surface area contributed by atoms with E-state index in [2.05, 4.69) is 32.1 Å². The average Bonchev–Trinajstić information content (AvgIpc) is 2.94. The molecule has 6 heteroatoms. The van der Waals surface area contributed by atoms with Gasteiger partial charge in [0.25, 0.3) is 0 Å². The van der Waals surface area contributed by atoms with Crippen molar-refractivity contribution in [3.8, 4) is 0 Å². The minimum atomic E-state index is 0.682. The Morgan fingerprint density at radius 1 is 1.12 bits per heavy atom. The second-order valence-corrected chi connectivity index (χ2v) is 7.82. The normalized spacial score (nSPS) is 26.4. The Morgan fingerprint density at radius 2 is 1.96 bits per heavy atom. The average molecular weight is 345 g/mol. The first-order valence-electron chi connectivity index (χ1n) is 9.86. The predicted molar refractivity (Wildman–Crippen MR) is 98.9 cm³/mol.